The number of hydrogen-bond donors (Lipinski definition) is 4. The second-order valence-corrected chi connectivity index (χ2v) is 15.6. The molecule has 6 fully saturated rings. The molecule has 44 heavy (non-hydrogen) atoms. The largest absolute Gasteiger partial charge is 0.336 e. The lowest BCUT2D eigenvalue weighted by Crippen LogP contribution is -2.80. The van der Waals surface area contributed by atoms with Crippen molar-refractivity contribution in [2.75, 3.05) is 38.5 Å². The smallest absolute Gasteiger partial charge is 0.320 e. The second kappa shape index (κ2) is 13.7. The zero-order valence-electron chi connectivity index (χ0n) is 26.6. The lowest BCUT2D eigenvalue weighted by molar-refractivity contribution is -0.132. The van der Waals surface area contributed by atoms with E-state index in [-0.39, 0.29) is 59.9 Å². The molecule has 2 bridgehead atoms. The second-order valence-electron chi connectivity index (χ2n) is 14.3. The zero-order chi connectivity index (χ0) is 31.1. The first-order valence-electron chi connectivity index (χ1n) is 17.1. The van der Waals surface area contributed by atoms with E-state index in [1.54, 1.807) is 4.90 Å². The van der Waals surface area contributed by atoms with Gasteiger partial charge in [-0.15, -0.1) is 0 Å². The first-order chi connectivity index (χ1) is 21.2. The molecule has 248 valence electrons. The van der Waals surface area contributed by atoms with E-state index < -0.39 is 30.5 Å². The third kappa shape index (κ3) is 6.14. The molecule has 12 heteroatoms. The molecule has 5 saturated heterocycles. The van der Waals surface area contributed by atoms with Gasteiger partial charge in [0.05, 0.1) is 18.4 Å². The van der Waals surface area contributed by atoms with Crippen molar-refractivity contribution < 1.29 is 18.4 Å². The lowest BCUT2D eigenvalue weighted by atomic mass is 9.72. The number of piperazine rings is 1. The summed E-state index contributed by atoms with van der Waals surface area (Å²) < 4.78 is 32.4. The number of amides is 3. The summed E-state index contributed by atoms with van der Waals surface area (Å²) in [5.41, 5.74) is 0. The minimum absolute atomic E-state index is 0.0275. The maximum absolute atomic E-state index is 16.6. The topological polar surface area (TPSA) is 92.0 Å². The van der Waals surface area contributed by atoms with Crippen LogP contribution in [-0.2, 0) is 4.79 Å². The predicted octanol–water partition coefficient (Wildman–Crippen LogP) is 2.69. The number of alkyl halides is 2. The fourth-order valence-corrected chi connectivity index (χ4v) is 10.7. The summed E-state index contributed by atoms with van der Waals surface area (Å²) in [4.78, 5) is 32.9. The summed E-state index contributed by atoms with van der Waals surface area (Å²) in [7, 11) is 0. The molecular formula is C32H53F2N7O2S. The highest BCUT2D eigenvalue weighted by Gasteiger charge is 2.57. The van der Waals surface area contributed by atoms with E-state index in [1.165, 1.54) is 6.08 Å². The fraction of sp³-hybridized carbons (Fsp3) is 0.875. The van der Waals surface area contributed by atoms with Crippen molar-refractivity contribution in [2.45, 2.75) is 119 Å². The maximum atomic E-state index is 16.6. The average Bonchev–Trinajstić information content (AvgIpc) is 3.01. The fourth-order valence-electron chi connectivity index (χ4n) is 9.26. The molecule has 11 unspecified atom stereocenters. The molecule has 0 spiro atoms. The monoisotopic (exact) mass is 637 g/mol. The Bertz CT molecular complexity index is 1060. The zero-order valence-corrected chi connectivity index (χ0v) is 27.4. The molecule has 0 aromatic heterocycles. The molecule has 1 aliphatic carbocycles. The van der Waals surface area contributed by atoms with E-state index in [9.17, 15) is 9.59 Å². The Balaban J connectivity index is 1.38. The van der Waals surface area contributed by atoms with Crippen LogP contribution in [0.3, 0.4) is 0 Å². The van der Waals surface area contributed by atoms with Crippen LogP contribution < -0.4 is 21.3 Å². The van der Waals surface area contributed by atoms with Gasteiger partial charge in [-0.3, -0.25) is 15.0 Å². The Kier molecular flexibility index (Phi) is 10.1. The number of nitrogens with zero attached hydrogens (tertiary/aromatic N) is 3. The van der Waals surface area contributed by atoms with E-state index in [1.807, 2.05) is 16.7 Å². The van der Waals surface area contributed by atoms with E-state index in [0.29, 0.717) is 32.0 Å². The summed E-state index contributed by atoms with van der Waals surface area (Å²) in [5, 5.41) is 14.7. The van der Waals surface area contributed by atoms with Crippen molar-refractivity contribution in [3.63, 3.8) is 0 Å². The molecule has 9 nitrogen and oxygen atoms in total. The summed E-state index contributed by atoms with van der Waals surface area (Å²) in [6.07, 6.45) is 2.50. The highest BCUT2D eigenvalue weighted by atomic mass is 32.2. The first kappa shape index (κ1) is 32.5. The number of hydrogen-bond acceptors (Lipinski definition) is 7. The summed E-state index contributed by atoms with van der Waals surface area (Å²) in [6, 6.07) is -0.894. The number of thioether (sulfide) groups is 1. The van der Waals surface area contributed by atoms with Crippen LogP contribution in [-0.4, -0.2) is 125 Å². The molecule has 6 rings (SSSR count). The first-order valence-corrected chi connectivity index (χ1v) is 18.1. The molecule has 3 amide bonds. The number of halogens is 2. The Labute approximate surface area is 266 Å². The van der Waals surface area contributed by atoms with Crippen LogP contribution in [0.1, 0.15) is 59.3 Å². The third-order valence-corrected chi connectivity index (χ3v) is 12.8. The van der Waals surface area contributed by atoms with E-state index >= 15 is 8.78 Å². The van der Waals surface area contributed by atoms with Crippen molar-refractivity contribution in [1.29, 1.82) is 0 Å². The number of carbonyl (C=O) groups is 2. The number of urea groups is 1. The van der Waals surface area contributed by atoms with Crippen molar-refractivity contribution in [1.82, 2.24) is 36.0 Å². The van der Waals surface area contributed by atoms with Crippen molar-refractivity contribution >= 4 is 23.7 Å². The summed E-state index contributed by atoms with van der Waals surface area (Å²) in [6.45, 7) is 13.4. The lowest BCUT2D eigenvalue weighted by Gasteiger charge is -2.60. The van der Waals surface area contributed by atoms with Gasteiger partial charge in [0.2, 0.25) is 5.91 Å². The predicted molar refractivity (Wildman–Crippen MR) is 171 cm³/mol. The number of carbonyl (C=O) groups excluding carboxylic acids is 2. The van der Waals surface area contributed by atoms with Crippen LogP contribution in [0.2, 0.25) is 0 Å². The quantitative estimate of drug-likeness (QED) is 0.354. The van der Waals surface area contributed by atoms with Gasteiger partial charge in [-0.2, -0.15) is 11.8 Å². The van der Waals surface area contributed by atoms with Gasteiger partial charge in [-0.05, 0) is 76.3 Å². The minimum atomic E-state index is -1.24. The van der Waals surface area contributed by atoms with Crippen molar-refractivity contribution in [2.24, 2.45) is 17.8 Å². The maximum Gasteiger partial charge on any atom is 0.320 e. The van der Waals surface area contributed by atoms with Gasteiger partial charge < -0.3 is 25.8 Å². The van der Waals surface area contributed by atoms with Crippen LogP contribution in [0.25, 0.3) is 0 Å². The average molecular weight is 638 g/mol. The van der Waals surface area contributed by atoms with Gasteiger partial charge in [0.1, 0.15) is 12.3 Å². The van der Waals surface area contributed by atoms with Gasteiger partial charge in [0, 0.05) is 60.9 Å². The standard InChI is InChI=1S/C32H53F2N7O2S/c1-5-25(42)39-13-14-40(19(4)17-39)30-20-16-22(34)28-26-21(33)8-6-9-23(26)35-11-7-15-44-24-10-12-36-27(18(2)3)29(24)41(31(20)37-28)32(43)38-30/h5,18-24,26-31,35-37H,1,6-17H2,2-4H3,(H,38,43)/t19-,20?,21?,22?,23?,24?,26?,27?,28?,29?,30?,31?/m0/s1. The molecule has 1 saturated carbocycles. The minimum Gasteiger partial charge on any atom is -0.336 e. The Morgan fingerprint density at radius 2 is 1.89 bits per heavy atom. The molecule has 12 atom stereocenters. The van der Waals surface area contributed by atoms with E-state index in [0.717, 1.165) is 44.5 Å². The Morgan fingerprint density at radius 1 is 1.07 bits per heavy atom. The molecule has 0 aromatic rings. The van der Waals surface area contributed by atoms with Crippen LogP contribution in [0.15, 0.2) is 12.7 Å². The highest BCUT2D eigenvalue weighted by Crippen LogP contribution is 2.42. The van der Waals surface area contributed by atoms with Gasteiger partial charge in [0.15, 0.2) is 0 Å². The van der Waals surface area contributed by atoms with Gasteiger partial charge in [-0.25, -0.2) is 13.6 Å². The van der Waals surface area contributed by atoms with E-state index in [4.69, 9.17) is 0 Å². The van der Waals surface area contributed by atoms with Crippen molar-refractivity contribution in [3.05, 3.63) is 12.7 Å². The molecule has 6 aliphatic rings. The normalized spacial score (nSPS) is 43.9. The van der Waals surface area contributed by atoms with Gasteiger partial charge in [0.25, 0.3) is 0 Å². The molecular weight excluding hydrogens is 584 g/mol. The van der Waals surface area contributed by atoms with Gasteiger partial charge >= 0.3 is 6.03 Å². The van der Waals surface area contributed by atoms with Crippen LogP contribution in [0.5, 0.6) is 0 Å². The van der Waals surface area contributed by atoms with Crippen LogP contribution in [0, 0.1) is 17.8 Å². The molecule has 5 heterocycles. The molecule has 0 aromatic carbocycles. The van der Waals surface area contributed by atoms with Crippen LogP contribution >= 0.6 is 11.8 Å². The summed E-state index contributed by atoms with van der Waals surface area (Å²) >= 11 is 1.96. The Morgan fingerprint density at radius 3 is 2.64 bits per heavy atom. The SMILES string of the molecule is C=CC(=O)N1CCN(C2NC(=O)N3C4NC(C(F)CC42)C2C(F)CCCC2NCCCSC2CCNC(C(C)C)C23)[C@@H](C)C1. The summed E-state index contributed by atoms with van der Waals surface area (Å²) in [5.74, 6) is 0.455. The molecule has 0 radical (unpaired) electrons. The van der Waals surface area contributed by atoms with Crippen LogP contribution in [0.4, 0.5) is 13.6 Å². The highest BCUT2D eigenvalue weighted by molar-refractivity contribution is 7.99. The number of piperidine rings is 2. The Hall–Kier alpha value is -1.47. The third-order valence-electron chi connectivity index (χ3n) is 11.3. The van der Waals surface area contributed by atoms with E-state index in [2.05, 4.69) is 53.5 Å². The number of fused-ring (bicyclic) bond motifs is 5. The molecule has 5 aliphatic heterocycles. The molecule has 4 N–H and O–H groups in total. The number of rotatable bonds is 3. The van der Waals surface area contributed by atoms with Crippen molar-refractivity contribution in [3.8, 4) is 0 Å². The van der Waals surface area contributed by atoms with Gasteiger partial charge in [-0.1, -0.05) is 20.4 Å². The number of nitrogens with one attached hydrogen (secondary N) is 4.